The van der Waals surface area contributed by atoms with E-state index in [0.29, 0.717) is 18.2 Å². The topological polar surface area (TPSA) is 75.6 Å². The predicted octanol–water partition coefficient (Wildman–Crippen LogP) is 4.07. The number of aliphatic carboxylic acids is 1. The van der Waals surface area contributed by atoms with Gasteiger partial charge in [-0.05, 0) is 38.5 Å². The highest BCUT2D eigenvalue weighted by atomic mass is 19.4. The van der Waals surface area contributed by atoms with Crippen molar-refractivity contribution in [2.24, 2.45) is 0 Å². The molecule has 11 heteroatoms. The van der Waals surface area contributed by atoms with Crippen molar-refractivity contribution in [3.05, 3.63) is 35.4 Å². The molecular weight excluding hydrogens is 372 g/mol. The molecule has 1 atom stereocenters. The van der Waals surface area contributed by atoms with Gasteiger partial charge < -0.3 is 9.84 Å². The van der Waals surface area contributed by atoms with Crippen LogP contribution in [-0.4, -0.2) is 28.9 Å². The smallest absolute Gasteiger partial charge is 0.426 e. The van der Waals surface area contributed by atoms with Crippen LogP contribution in [-0.2, 0) is 21.2 Å². The fourth-order valence-electron chi connectivity index (χ4n) is 1.99. The minimum atomic E-state index is -5.67. The molecule has 0 aromatic heterocycles. The molecule has 0 heterocycles. The molecule has 0 saturated heterocycles. The molecule has 1 amide bonds. The zero-order valence-corrected chi connectivity index (χ0v) is 13.7. The Morgan fingerprint density at radius 2 is 1.50 bits per heavy atom. The molecule has 26 heavy (non-hydrogen) atoms. The van der Waals surface area contributed by atoms with Crippen molar-refractivity contribution < 1.29 is 45.8 Å². The van der Waals surface area contributed by atoms with Gasteiger partial charge in [-0.15, -0.1) is 0 Å². The van der Waals surface area contributed by atoms with Crippen LogP contribution in [0.5, 0.6) is 0 Å². The maximum absolute atomic E-state index is 13.6. The van der Waals surface area contributed by atoms with Gasteiger partial charge in [-0.25, -0.2) is 9.59 Å². The Hall–Kier alpha value is -2.46. The average molecular weight is 387 g/mol. The largest absolute Gasteiger partial charge is 0.479 e. The number of carbonyl (C=O) groups is 2. The van der Waals surface area contributed by atoms with Crippen molar-refractivity contribution in [3.63, 3.8) is 0 Å². The molecule has 0 aliphatic carbocycles. The molecule has 0 spiro atoms. The lowest BCUT2D eigenvalue weighted by Crippen LogP contribution is -2.61. The number of halogens is 6. The molecule has 2 N–H and O–H groups in total. The number of nitrogens with one attached hydrogen (secondary N) is 1. The molecular formula is C15H15F6NO4. The highest BCUT2D eigenvalue weighted by Gasteiger charge is 2.64. The van der Waals surface area contributed by atoms with Gasteiger partial charge in [0.1, 0.15) is 5.60 Å². The first-order valence-corrected chi connectivity index (χ1v) is 7.00. The fourth-order valence-corrected chi connectivity index (χ4v) is 1.99. The van der Waals surface area contributed by atoms with E-state index in [1.807, 2.05) is 0 Å². The van der Waals surface area contributed by atoms with Crippen LogP contribution >= 0.6 is 0 Å². The second kappa shape index (κ2) is 6.69. The molecule has 0 aliphatic rings. The lowest BCUT2D eigenvalue weighted by Gasteiger charge is -2.34. The lowest BCUT2D eigenvalue weighted by atomic mass is 9.88. The summed E-state index contributed by atoms with van der Waals surface area (Å²) in [5.74, 6) is -2.62. The molecule has 0 bridgehead atoms. The zero-order chi connectivity index (χ0) is 20.6. The van der Waals surface area contributed by atoms with Gasteiger partial charge >= 0.3 is 24.4 Å². The van der Waals surface area contributed by atoms with Crippen LogP contribution in [0.15, 0.2) is 24.3 Å². The van der Waals surface area contributed by atoms with Crippen LogP contribution in [0, 0.1) is 0 Å². The van der Waals surface area contributed by atoms with E-state index >= 15 is 0 Å². The Morgan fingerprint density at radius 3 is 1.88 bits per heavy atom. The number of carbonyl (C=O) groups excluding carboxylic acids is 1. The minimum absolute atomic E-state index is 0.0129. The van der Waals surface area contributed by atoms with E-state index in [0.717, 1.165) is 0 Å². The second-order valence-corrected chi connectivity index (χ2v) is 6.26. The van der Waals surface area contributed by atoms with Gasteiger partial charge in [0.2, 0.25) is 0 Å². The first-order valence-electron chi connectivity index (χ1n) is 7.00. The highest BCUT2D eigenvalue weighted by Crippen LogP contribution is 2.41. The molecule has 1 unspecified atom stereocenters. The summed E-state index contributed by atoms with van der Waals surface area (Å²) in [5.41, 5.74) is -8.22. The van der Waals surface area contributed by atoms with Gasteiger partial charge in [0.05, 0.1) is 5.56 Å². The average Bonchev–Trinajstić information content (AvgIpc) is 2.40. The Morgan fingerprint density at radius 1 is 1.00 bits per heavy atom. The number of rotatable bonds is 3. The molecule has 0 radical (unpaired) electrons. The molecule has 0 aliphatic heterocycles. The van der Waals surface area contributed by atoms with E-state index in [9.17, 15) is 41.0 Å². The number of ether oxygens (including phenoxy) is 1. The quantitative estimate of drug-likeness (QED) is 0.767. The maximum atomic E-state index is 13.6. The fraction of sp³-hybridized carbons (Fsp3) is 0.467. The first kappa shape index (κ1) is 21.6. The van der Waals surface area contributed by atoms with Crippen LogP contribution in [0.25, 0.3) is 0 Å². The minimum Gasteiger partial charge on any atom is -0.479 e. The molecule has 146 valence electrons. The first-order chi connectivity index (χ1) is 11.5. The van der Waals surface area contributed by atoms with Crippen molar-refractivity contribution in [3.8, 4) is 0 Å². The number of hydrogen-bond donors (Lipinski definition) is 2. The molecule has 0 fully saturated rings. The monoisotopic (exact) mass is 387 g/mol. The predicted molar refractivity (Wildman–Crippen MR) is 76.2 cm³/mol. The number of carboxylic acids is 1. The van der Waals surface area contributed by atoms with E-state index in [1.54, 1.807) is 0 Å². The SMILES string of the molecule is CC(C)(C)OC(=O)NC(C(=O)O)(c1cccc(C(F)(F)F)c1)C(F)(F)F. The molecule has 1 aromatic rings. The molecule has 5 nitrogen and oxygen atoms in total. The Balaban J connectivity index is 3.57. The van der Waals surface area contributed by atoms with Gasteiger partial charge in [0, 0.05) is 0 Å². The standard InChI is InChI=1S/C15H15F6NO4/c1-12(2,3)26-11(25)22-13(10(23)24,15(19,20)21)8-5-4-6-9(7-8)14(16,17)18/h4-7H,1-3H3,(H,22,25)(H,23,24). The second-order valence-electron chi connectivity index (χ2n) is 6.26. The van der Waals surface area contributed by atoms with Gasteiger partial charge in [0.25, 0.3) is 5.54 Å². The Kier molecular flexibility index (Phi) is 5.55. The van der Waals surface area contributed by atoms with Crippen molar-refractivity contribution in [2.75, 3.05) is 0 Å². The Bertz CT molecular complexity index is 693. The summed E-state index contributed by atoms with van der Waals surface area (Å²) in [6, 6.07) is 1.62. The van der Waals surface area contributed by atoms with Crippen molar-refractivity contribution in [2.45, 2.75) is 44.3 Å². The summed E-state index contributed by atoms with van der Waals surface area (Å²) in [5, 5.41) is 10.4. The summed E-state index contributed by atoms with van der Waals surface area (Å²) in [4.78, 5) is 23.2. The third-order valence-electron chi connectivity index (χ3n) is 3.06. The van der Waals surface area contributed by atoms with Gasteiger partial charge in [-0.2, -0.15) is 26.3 Å². The normalized spacial score (nSPS) is 15.1. The summed E-state index contributed by atoms with van der Waals surface area (Å²) in [6.45, 7) is 3.94. The number of amides is 1. The van der Waals surface area contributed by atoms with Crippen molar-refractivity contribution in [1.29, 1.82) is 0 Å². The van der Waals surface area contributed by atoms with Gasteiger partial charge in [-0.3, -0.25) is 5.32 Å². The Labute approximate surface area is 143 Å². The molecule has 1 aromatic carbocycles. The summed E-state index contributed by atoms with van der Waals surface area (Å²) >= 11 is 0. The van der Waals surface area contributed by atoms with E-state index in [-0.39, 0.29) is 6.07 Å². The summed E-state index contributed by atoms with van der Waals surface area (Å²) < 4.78 is 83.8. The van der Waals surface area contributed by atoms with Gasteiger partial charge in [0.15, 0.2) is 0 Å². The number of alkyl carbamates (subject to hydrolysis) is 1. The van der Waals surface area contributed by atoms with Crippen LogP contribution in [0.4, 0.5) is 31.1 Å². The summed E-state index contributed by atoms with van der Waals surface area (Å²) in [6.07, 6.45) is -12.4. The van der Waals surface area contributed by atoms with Gasteiger partial charge in [-0.1, -0.05) is 12.1 Å². The van der Waals surface area contributed by atoms with Crippen molar-refractivity contribution in [1.82, 2.24) is 5.32 Å². The van der Waals surface area contributed by atoms with Crippen molar-refractivity contribution >= 4 is 12.1 Å². The third-order valence-corrected chi connectivity index (χ3v) is 3.06. The molecule has 0 saturated carbocycles. The number of alkyl halides is 6. The van der Waals surface area contributed by atoms with E-state index in [4.69, 9.17) is 0 Å². The lowest BCUT2D eigenvalue weighted by molar-refractivity contribution is -0.212. The highest BCUT2D eigenvalue weighted by molar-refractivity contribution is 5.87. The number of carboxylic acid groups (broad SMARTS) is 1. The van der Waals surface area contributed by atoms with Crippen LogP contribution in [0.1, 0.15) is 31.9 Å². The third kappa shape index (κ3) is 4.58. The molecule has 1 rings (SSSR count). The maximum Gasteiger partial charge on any atom is 0.426 e. The van der Waals surface area contributed by atoms with Crippen LogP contribution < -0.4 is 5.32 Å². The summed E-state index contributed by atoms with van der Waals surface area (Å²) in [7, 11) is 0. The van der Waals surface area contributed by atoms with Crippen LogP contribution in [0.2, 0.25) is 0 Å². The zero-order valence-electron chi connectivity index (χ0n) is 13.7. The van der Waals surface area contributed by atoms with E-state index in [1.165, 1.54) is 26.1 Å². The number of benzene rings is 1. The van der Waals surface area contributed by atoms with Crippen LogP contribution in [0.3, 0.4) is 0 Å². The number of hydrogen-bond acceptors (Lipinski definition) is 3. The van der Waals surface area contributed by atoms with E-state index in [2.05, 4.69) is 4.74 Å². The van der Waals surface area contributed by atoms with E-state index < -0.39 is 46.7 Å².